The van der Waals surface area contributed by atoms with Gasteiger partial charge in [-0.1, -0.05) is 49.1 Å². The first kappa shape index (κ1) is 10.3. The number of hydrogen-bond acceptors (Lipinski definition) is 1. The van der Waals surface area contributed by atoms with E-state index in [0.717, 1.165) is 11.1 Å². The van der Waals surface area contributed by atoms with Crippen LogP contribution in [0.25, 0.3) is 5.57 Å². The van der Waals surface area contributed by atoms with E-state index >= 15 is 0 Å². The molecular formula is C13H14O. The fraction of sp³-hybridized carbons (Fsp3) is 0.0769. The molecule has 0 aliphatic heterocycles. The van der Waals surface area contributed by atoms with Crippen molar-refractivity contribution in [3.63, 3.8) is 0 Å². The summed E-state index contributed by atoms with van der Waals surface area (Å²) in [7, 11) is 0. The lowest BCUT2D eigenvalue weighted by atomic mass is 10.0. The lowest BCUT2D eigenvalue weighted by molar-refractivity contribution is 0.435. The molecule has 14 heavy (non-hydrogen) atoms. The van der Waals surface area contributed by atoms with Gasteiger partial charge < -0.3 is 5.11 Å². The highest BCUT2D eigenvalue weighted by Crippen LogP contribution is 2.18. The van der Waals surface area contributed by atoms with Crippen LogP contribution >= 0.6 is 0 Å². The maximum absolute atomic E-state index is 9.68. The van der Waals surface area contributed by atoms with Crippen LogP contribution in [0.3, 0.4) is 0 Å². The maximum Gasteiger partial charge on any atom is 0.123 e. The fourth-order valence-electron chi connectivity index (χ4n) is 1.24. The molecule has 0 aliphatic rings. The molecule has 1 aromatic rings. The Hall–Kier alpha value is -1.76. The molecule has 0 bridgehead atoms. The van der Waals surface area contributed by atoms with Crippen LogP contribution in [0.4, 0.5) is 0 Å². The third-order valence-electron chi connectivity index (χ3n) is 1.89. The first-order valence-corrected chi connectivity index (χ1v) is 4.53. The molecule has 0 radical (unpaired) electrons. The summed E-state index contributed by atoms with van der Waals surface area (Å²) in [5.41, 5.74) is 1.72. The molecule has 0 fully saturated rings. The molecule has 0 aliphatic carbocycles. The van der Waals surface area contributed by atoms with Crippen LogP contribution in [0.15, 0.2) is 60.9 Å². The van der Waals surface area contributed by atoms with Crippen molar-refractivity contribution in [3.05, 3.63) is 66.5 Å². The van der Waals surface area contributed by atoms with Crippen LogP contribution in [0.1, 0.15) is 12.5 Å². The van der Waals surface area contributed by atoms with E-state index in [1.54, 1.807) is 18.2 Å². The molecule has 1 heteroatoms. The molecule has 1 N–H and O–H groups in total. The standard InChI is InChI=1S/C13H14O/c1-3-8-13(14)12(4-2)11-9-6-5-7-10-11/h3-10,14H,2H2,1H3/b8-3-,13-12-. The van der Waals surface area contributed by atoms with Crippen LogP contribution in [-0.2, 0) is 0 Å². The van der Waals surface area contributed by atoms with Crippen molar-refractivity contribution in [1.29, 1.82) is 0 Å². The topological polar surface area (TPSA) is 20.2 Å². The van der Waals surface area contributed by atoms with E-state index in [1.807, 2.05) is 37.3 Å². The van der Waals surface area contributed by atoms with Crippen molar-refractivity contribution in [2.24, 2.45) is 0 Å². The highest BCUT2D eigenvalue weighted by Gasteiger charge is 2.00. The van der Waals surface area contributed by atoms with Crippen molar-refractivity contribution in [2.75, 3.05) is 0 Å². The number of aliphatic hydroxyl groups is 1. The third kappa shape index (κ3) is 2.36. The molecule has 0 unspecified atom stereocenters. The molecule has 0 amide bonds. The van der Waals surface area contributed by atoms with Gasteiger partial charge in [-0.05, 0) is 18.6 Å². The van der Waals surface area contributed by atoms with Gasteiger partial charge in [0, 0.05) is 5.57 Å². The lowest BCUT2D eigenvalue weighted by Crippen LogP contribution is -1.85. The van der Waals surface area contributed by atoms with E-state index in [-0.39, 0.29) is 5.76 Å². The molecule has 1 rings (SSSR count). The minimum atomic E-state index is 0.244. The van der Waals surface area contributed by atoms with E-state index in [9.17, 15) is 5.11 Å². The summed E-state index contributed by atoms with van der Waals surface area (Å²) in [6, 6.07) is 9.69. The van der Waals surface area contributed by atoms with Gasteiger partial charge in [-0.2, -0.15) is 0 Å². The average molecular weight is 186 g/mol. The van der Waals surface area contributed by atoms with Crippen LogP contribution in [0, 0.1) is 0 Å². The molecule has 0 spiro atoms. The Kier molecular flexibility index (Phi) is 3.74. The SMILES string of the molecule is C=C/C(=C(O)\C=C/C)c1ccccc1. The van der Waals surface area contributed by atoms with Crippen molar-refractivity contribution in [2.45, 2.75) is 6.92 Å². The molecule has 0 saturated heterocycles. The van der Waals surface area contributed by atoms with Gasteiger partial charge >= 0.3 is 0 Å². The van der Waals surface area contributed by atoms with Gasteiger partial charge in [-0.15, -0.1) is 0 Å². The molecule has 0 aromatic heterocycles. The quantitative estimate of drug-likeness (QED) is 0.563. The van der Waals surface area contributed by atoms with E-state index in [1.165, 1.54) is 0 Å². The molecule has 1 aromatic carbocycles. The zero-order valence-electron chi connectivity index (χ0n) is 8.27. The van der Waals surface area contributed by atoms with E-state index < -0.39 is 0 Å². The van der Waals surface area contributed by atoms with Gasteiger partial charge in [0.2, 0.25) is 0 Å². The summed E-state index contributed by atoms with van der Waals surface area (Å²) >= 11 is 0. The van der Waals surface area contributed by atoms with E-state index in [4.69, 9.17) is 0 Å². The minimum absolute atomic E-state index is 0.244. The summed E-state index contributed by atoms with van der Waals surface area (Å²) in [6.07, 6.45) is 5.11. The highest BCUT2D eigenvalue weighted by atomic mass is 16.3. The minimum Gasteiger partial charge on any atom is -0.507 e. The van der Waals surface area contributed by atoms with Gasteiger partial charge in [0.1, 0.15) is 5.76 Å². The molecular weight excluding hydrogens is 172 g/mol. The Morgan fingerprint density at radius 2 is 1.93 bits per heavy atom. The zero-order valence-corrected chi connectivity index (χ0v) is 8.27. The van der Waals surface area contributed by atoms with Crippen molar-refractivity contribution in [3.8, 4) is 0 Å². The van der Waals surface area contributed by atoms with Gasteiger partial charge in [-0.3, -0.25) is 0 Å². The van der Waals surface area contributed by atoms with Crippen molar-refractivity contribution < 1.29 is 5.11 Å². The molecule has 0 saturated carbocycles. The van der Waals surface area contributed by atoms with Crippen LogP contribution in [0.2, 0.25) is 0 Å². The second kappa shape index (κ2) is 5.07. The Bertz CT molecular complexity index is 358. The first-order valence-electron chi connectivity index (χ1n) is 4.53. The number of hydrogen-bond donors (Lipinski definition) is 1. The Balaban J connectivity index is 3.17. The van der Waals surface area contributed by atoms with Crippen LogP contribution in [-0.4, -0.2) is 5.11 Å². The van der Waals surface area contributed by atoms with Gasteiger partial charge in [0.05, 0.1) is 0 Å². The van der Waals surface area contributed by atoms with Gasteiger partial charge in [0.15, 0.2) is 0 Å². The van der Waals surface area contributed by atoms with Crippen LogP contribution in [0.5, 0.6) is 0 Å². The number of allylic oxidation sites excluding steroid dienone is 4. The number of benzene rings is 1. The maximum atomic E-state index is 9.68. The summed E-state index contributed by atoms with van der Waals surface area (Å²) in [4.78, 5) is 0. The predicted molar refractivity (Wildman–Crippen MR) is 61.0 cm³/mol. The summed E-state index contributed by atoms with van der Waals surface area (Å²) in [5.74, 6) is 0.244. The third-order valence-corrected chi connectivity index (χ3v) is 1.89. The number of aliphatic hydroxyl groups excluding tert-OH is 1. The average Bonchev–Trinajstić information content (AvgIpc) is 2.21. The van der Waals surface area contributed by atoms with Crippen LogP contribution < -0.4 is 0 Å². The zero-order chi connectivity index (χ0) is 10.4. The second-order valence-corrected chi connectivity index (χ2v) is 2.87. The van der Waals surface area contributed by atoms with Gasteiger partial charge in [-0.25, -0.2) is 0 Å². The van der Waals surface area contributed by atoms with Crippen molar-refractivity contribution in [1.82, 2.24) is 0 Å². The van der Waals surface area contributed by atoms with E-state index in [0.29, 0.717) is 0 Å². The molecule has 0 heterocycles. The molecule has 0 atom stereocenters. The smallest absolute Gasteiger partial charge is 0.123 e. The number of rotatable bonds is 3. The summed E-state index contributed by atoms with van der Waals surface area (Å²) in [6.45, 7) is 5.55. The van der Waals surface area contributed by atoms with Crippen molar-refractivity contribution >= 4 is 5.57 Å². The Labute approximate surface area is 84.7 Å². The predicted octanol–water partition coefficient (Wildman–Crippen LogP) is 3.72. The second-order valence-electron chi connectivity index (χ2n) is 2.87. The lowest BCUT2D eigenvalue weighted by Gasteiger charge is -2.03. The first-order chi connectivity index (χ1) is 6.79. The Morgan fingerprint density at radius 1 is 1.29 bits per heavy atom. The summed E-state index contributed by atoms with van der Waals surface area (Å²) in [5, 5.41) is 9.68. The molecule has 72 valence electrons. The largest absolute Gasteiger partial charge is 0.507 e. The highest BCUT2D eigenvalue weighted by molar-refractivity contribution is 5.76. The summed E-state index contributed by atoms with van der Waals surface area (Å²) < 4.78 is 0. The normalized spacial score (nSPS) is 12.6. The molecule has 1 nitrogen and oxygen atoms in total. The Morgan fingerprint density at radius 3 is 2.43 bits per heavy atom. The monoisotopic (exact) mass is 186 g/mol. The fourth-order valence-corrected chi connectivity index (χ4v) is 1.24. The van der Waals surface area contributed by atoms with E-state index in [2.05, 4.69) is 6.58 Å². The van der Waals surface area contributed by atoms with Gasteiger partial charge in [0.25, 0.3) is 0 Å².